The van der Waals surface area contributed by atoms with Crippen molar-refractivity contribution in [1.29, 1.82) is 0 Å². The van der Waals surface area contributed by atoms with E-state index in [1.807, 2.05) is 19.1 Å². The number of hydrogen-bond acceptors (Lipinski definition) is 2. The van der Waals surface area contributed by atoms with Crippen LogP contribution in [0.1, 0.15) is 69.2 Å². The SMILES string of the molecule is CC(C)N1CCCc2ccc(C(F)F)cc21.Cc1cc2c(cc1F)N(C(C)C)CCC2. The molecule has 0 fully saturated rings. The molecule has 2 heterocycles. The Morgan fingerprint density at radius 2 is 1.32 bits per heavy atom. The number of hydrogen-bond donors (Lipinski definition) is 0. The highest BCUT2D eigenvalue weighted by atomic mass is 19.3. The first-order valence-electron chi connectivity index (χ1n) is 11.4. The molecule has 2 aliphatic rings. The van der Waals surface area contributed by atoms with E-state index in [9.17, 15) is 13.2 Å². The number of halogens is 3. The van der Waals surface area contributed by atoms with Crippen LogP contribution in [0, 0.1) is 12.7 Å². The molecule has 0 atom stereocenters. The smallest absolute Gasteiger partial charge is 0.263 e. The van der Waals surface area contributed by atoms with Crippen molar-refractivity contribution < 1.29 is 13.2 Å². The second-order valence-corrected chi connectivity index (χ2v) is 9.20. The van der Waals surface area contributed by atoms with Crippen LogP contribution in [0.2, 0.25) is 0 Å². The summed E-state index contributed by atoms with van der Waals surface area (Å²) in [5.74, 6) is -0.0821. The van der Waals surface area contributed by atoms with Crippen molar-refractivity contribution in [3.63, 3.8) is 0 Å². The average molecular weight is 433 g/mol. The van der Waals surface area contributed by atoms with E-state index in [1.54, 1.807) is 18.2 Å². The molecule has 0 aromatic heterocycles. The first-order valence-corrected chi connectivity index (χ1v) is 11.4. The number of fused-ring (bicyclic) bond motifs is 2. The largest absolute Gasteiger partial charge is 0.369 e. The Morgan fingerprint density at radius 3 is 1.87 bits per heavy atom. The summed E-state index contributed by atoms with van der Waals surface area (Å²) in [5.41, 5.74) is 5.49. The van der Waals surface area contributed by atoms with Gasteiger partial charge in [0.15, 0.2) is 0 Å². The van der Waals surface area contributed by atoms with E-state index in [-0.39, 0.29) is 11.4 Å². The lowest BCUT2D eigenvalue weighted by Gasteiger charge is -2.35. The van der Waals surface area contributed by atoms with Crippen LogP contribution in [0.25, 0.3) is 0 Å². The maximum absolute atomic E-state index is 13.5. The normalized spacial score (nSPS) is 15.7. The summed E-state index contributed by atoms with van der Waals surface area (Å²) < 4.78 is 38.8. The molecule has 2 aromatic rings. The molecule has 0 saturated heterocycles. The Morgan fingerprint density at radius 1 is 0.774 bits per heavy atom. The van der Waals surface area contributed by atoms with Gasteiger partial charge in [0.2, 0.25) is 0 Å². The van der Waals surface area contributed by atoms with Gasteiger partial charge >= 0.3 is 0 Å². The molecule has 2 aliphatic heterocycles. The topological polar surface area (TPSA) is 6.48 Å². The molecule has 2 nitrogen and oxygen atoms in total. The molecular weight excluding hydrogens is 397 g/mol. The highest BCUT2D eigenvalue weighted by Gasteiger charge is 2.21. The Kier molecular flexibility index (Phi) is 7.55. The first kappa shape index (κ1) is 23.5. The maximum Gasteiger partial charge on any atom is 0.263 e. The van der Waals surface area contributed by atoms with E-state index in [0.717, 1.165) is 49.3 Å². The zero-order valence-electron chi connectivity index (χ0n) is 19.4. The van der Waals surface area contributed by atoms with E-state index in [1.165, 1.54) is 17.5 Å². The number of aryl methyl sites for hydroxylation is 3. The summed E-state index contributed by atoms with van der Waals surface area (Å²) in [4.78, 5) is 4.51. The van der Waals surface area contributed by atoms with Gasteiger partial charge in [0.1, 0.15) is 5.82 Å². The van der Waals surface area contributed by atoms with Crippen molar-refractivity contribution in [1.82, 2.24) is 0 Å². The van der Waals surface area contributed by atoms with Gasteiger partial charge in [-0.1, -0.05) is 18.2 Å². The molecule has 170 valence electrons. The van der Waals surface area contributed by atoms with Crippen LogP contribution < -0.4 is 9.80 Å². The quantitative estimate of drug-likeness (QED) is 0.511. The molecule has 0 saturated carbocycles. The van der Waals surface area contributed by atoms with Crippen LogP contribution in [0.4, 0.5) is 24.5 Å². The van der Waals surface area contributed by atoms with Gasteiger partial charge in [0.05, 0.1) is 0 Å². The summed E-state index contributed by atoms with van der Waals surface area (Å²) in [6.07, 6.45) is 2.00. The zero-order valence-corrected chi connectivity index (χ0v) is 19.4. The summed E-state index contributed by atoms with van der Waals surface area (Å²) in [6, 6.07) is 9.57. The van der Waals surface area contributed by atoms with E-state index in [0.29, 0.717) is 12.1 Å². The van der Waals surface area contributed by atoms with Crippen LogP contribution in [-0.4, -0.2) is 25.2 Å². The third kappa shape index (κ3) is 5.36. The van der Waals surface area contributed by atoms with Gasteiger partial charge in [-0.25, -0.2) is 13.2 Å². The highest BCUT2D eigenvalue weighted by molar-refractivity contribution is 5.58. The number of alkyl halides is 2. The Balaban J connectivity index is 0.000000176. The average Bonchev–Trinajstić information content (AvgIpc) is 2.73. The fraction of sp³-hybridized carbons (Fsp3) is 0.538. The molecule has 5 heteroatoms. The van der Waals surface area contributed by atoms with Gasteiger partial charge in [-0.05, 0) is 89.1 Å². The molecule has 0 bridgehead atoms. The van der Waals surface area contributed by atoms with E-state index in [2.05, 4.69) is 37.5 Å². The summed E-state index contributed by atoms with van der Waals surface area (Å²) in [7, 11) is 0. The molecule has 4 rings (SSSR count). The van der Waals surface area contributed by atoms with Crippen LogP contribution in [-0.2, 0) is 12.8 Å². The van der Waals surface area contributed by atoms with Crippen molar-refractivity contribution in [3.8, 4) is 0 Å². The highest BCUT2D eigenvalue weighted by Crippen LogP contribution is 2.33. The van der Waals surface area contributed by atoms with Gasteiger partial charge in [-0.15, -0.1) is 0 Å². The molecule has 0 aliphatic carbocycles. The van der Waals surface area contributed by atoms with Gasteiger partial charge in [-0.3, -0.25) is 0 Å². The summed E-state index contributed by atoms with van der Waals surface area (Å²) >= 11 is 0. The van der Waals surface area contributed by atoms with E-state index in [4.69, 9.17) is 0 Å². The first-order chi connectivity index (χ1) is 14.7. The molecule has 0 radical (unpaired) electrons. The minimum Gasteiger partial charge on any atom is -0.369 e. The van der Waals surface area contributed by atoms with Crippen LogP contribution in [0.15, 0.2) is 30.3 Å². The fourth-order valence-corrected chi connectivity index (χ4v) is 4.59. The molecule has 0 amide bonds. The van der Waals surface area contributed by atoms with Crippen molar-refractivity contribution in [3.05, 3.63) is 58.4 Å². The second-order valence-electron chi connectivity index (χ2n) is 9.20. The maximum atomic E-state index is 13.5. The monoisotopic (exact) mass is 432 g/mol. The minimum atomic E-state index is -2.37. The Bertz CT molecular complexity index is 892. The fourth-order valence-electron chi connectivity index (χ4n) is 4.59. The Hall–Kier alpha value is -2.17. The zero-order chi connectivity index (χ0) is 22.7. The van der Waals surface area contributed by atoms with E-state index < -0.39 is 6.43 Å². The van der Waals surface area contributed by atoms with Crippen molar-refractivity contribution in [2.24, 2.45) is 0 Å². The van der Waals surface area contributed by atoms with E-state index >= 15 is 0 Å². The minimum absolute atomic E-state index is 0.0821. The lowest BCUT2D eigenvalue weighted by molar-refractivity contribution is 0.151. The summed E-state index contributed by atoms with van der Waals surface area (Å²) in [5, 5.41) is 0. The van der Waals surface area contributed by atoms with Crippen molar-refractivity contribution >= 4 is 11.4 Å². The van der Waals surface area contributed by atoms with Gasteiger partial charge in [-0.2, -0.15) is 0 Å². The van der Waals surface area contributed by atoms with Gasteiger partial charge in [0.25, 0.3) is 6.43 Å². The molecule has 0 N–H and O–H groups in total. The number of nitrogens with zero attached hydrogens (tertiary/aromatic N) is 2. The standard InChI is InChI=1S/C13H17F2N.C13H18FN/c1-9(2)16-7-3-4-10-5-6-11(13(14)15)8-12(10)16;1-9(2)15-6-4-5-11-7-10(3)12(14)8-13(11)15/h5-6,8-9,13H,3-4,7H2,1-2H3;7-9H,4-6H2,1-3H3. The van der Waals surface area contributed by atoms with Crippen LogP contribution in [0.3, 0.4) is 0 Å². The molecule has 0 unspecified atom stereocenters. The summed E-state index contributed by atoms with van der Waals surface area (Å²) in [6.45, 7) is 12.4. The molecular formula is C26H35F3N2. The Labute approximate surface area is 185 Å². The predicted octanol–water partition coefficient (Wildman–Crippen LogP) is 7.08. The second kappa shape index (κ2) is 9.97. The van der Waals surface area contributed by atoms with Crippen molar-refractivity contribution in [2.45, 2.75) is 78.8 Å². The lowest BCUT2D eigenvalue weighted by Crippen LogP contribution is -2.35. The third-order valence-corrected chi connectivity index (χ3v) is 6.28. The number of anilines is 2. The lowest BCUT2D eigenvalue weighted by atomic mass is 9.98. The number of rotatable bonds is 3. The van der Waals surface area contributed by atoms with Crippen LogP contribution >= 0.6 is 0 Å². The van der Waals surface area contributed by atoms with Crippen molar-refractivity contribution in [2.75, 3.05) is 22.9 Å². The van der Waals surface area contributed by atoms with Crippen LogP contribution in [0.5, 0.6) is 0 Å². The van der Waals surface area contributed by atoms with Gasteiger partial charge in [0, 0.05) is 42.1 Å². The third-order valence-electron chi connectivity index (χ3n) is 6.28. The van der Waals surface area contributed by atoms with Gasteiger partial charge < -0.3 is 9.80 Å². The number of benzene rings is 2. The predicted molar refractivity (Wildman–Crippen MR) is 124 cm³/mol. The molecule has 2 aromatic carbocycles. The molecule has 0 spiro atoms. The molecule has 31 heavy (non-hydrogen) atoms.